The quantitative estimate of drug-likeness (QED) is 0.336. The van der Waals surface area contributed by atoms with Crippen LogP contribution in [0.2, 0.25) is 0 Å². The van der Waals surface area contributed by atoms with E-state index in [4.69, 9.17) is 10.5 Å². The van der Waals surface area contributed by atoms with E-state index in [1.54, 1.807) is 14.1 Å². The fraction of sp³-hybridized carbons (Fsp3) is 0.552. The van der Waals surface area contributed by atoms with Gasteiger partial charge >= 0.3 is 0 Å². The van der Waals surface area contributed by atoms with Gasteiger partial charge in [-0.3, -0.25) is 24.2 Å². The SMILES string of the molecule is CCC(C)(C)N1Cc2c(O)c3c(c(OC)c2C1)C[C@H]1C[C@H]2[C@H](N(C)C)C(O)=C(C(N)=O)C(=O)[C@@]2(O)C(O)=C1C3=O. The summed E-state index contributed by atoms with van der Waals surface area (Å²) in [7, 11) is 4.71. The van der Waals surface area contributed by atoms with Crippen molar-refractivity contribution in [3.63, 3.8) is 0 Å². The van der Waals surface area contributed by atoms with Gasteiger partial charge in [0.25, 0.3) is 5.91 Å². The zero-order chi connectivity index (χ0) is 29.6. The van der Waals surface area contributed by atoms with Crippen molar-refractivity contribution in [2.75, 3.05) is 21.2 Å². The minimum absolute atomic E-state index is 0.0208. The van der Waals surface area contributed by atoms with Gasteiger partial charge in [0.1, 0.15) is 28.6 Å². The Bertz CT molecular complexity index is 1420. The molecule has 1 aliphatic heterocycles. The fourth-order valence-corrected chi connectivity index (χ4v) is 7.13. The van der Waals surface area contributed by atoms with Crippen LogP contribution in [0, 0.1) is 11.8 Å². The highest BCUT2D eigenvalue weighted by atomic mass is 16.5. The van der Waals surface area contributed by atoms with E-state index in [0.717, 1.165) is 12.0 Å². The second-order valence-corrected chi connectivity index (χ2v) is 12.2. The molecule has 0 unspecified atom stereocenters. The Labute approximate surface area is 232 Å². The third-order valence-electron chi connectivity index (χ3n) is 9.68. The highest BCUT2D eigenvalue weighted by Crippen LogP contribution is 2.55. The lowest BCUT2D eigenvalue weighted by atomic mass is 9.58. The first-order chi connectivity index (χ1) is 18.6. The second-order valence-electron chi connectivity index (χ2n) is 12.2. The largest absolute Gasteiger partial charge is 0.510 e. The number of likely N-dealkylation sites (N-methyl/N-ethyl adjacent to an activating group) is 1. The molecule has 1 amide bonds. The number of ketones is 2. The molecule has 4 aliphatic rings. The summed E-state index contributed by atoms with van der Waals surface area (Å²) >= 11 is 0. The normalized spacial score (nSPS) is 28.4. The minimum Gasteiger partial charge on any atom is -0.510 e. The first-order valence-corrected chi connectivity index (χ1v) is 13.5. The molecule has 0 saturated carbocycles. The van der Waals surface area contributed by atoms with E-state index in [1.807, 2.05) is 0 Å². The number of nitrogens with two attached hydrogens (primary N) is 1. The number of fused-ring (bicyclic) bond motifs is 4. The number of phenolic OH excluding ortho intramolecular Hbond substituents is 1. The number of aliphatic hydroxyl groups excluding tert-OH is 2. The third kappa shape index (κ3) is 3.50. The van der Waals surface area contributed by atoms with Gasteiger partial charge in [0, 0.05) is 46.8 Å². The second kappa shape index (κ2) is 9.05. The summed E-state index contributed by atoms with van der Waals surface area (Å²) in [5, 5.41) is 45.6. The Balaban J connectivity index is 1.70. The van der Waals surface area contributed by atoms with Crippen LogP contribution in [0.25, 0.3) is 0 Å². The molecule has 4 atom stereocenters. The zero-order valence-corrected chi connectivity index (χ0v) is 23.7. The number of amides is 1. The van der Waals surface area contributed by atoms with Gasteiger partial charge < -0.3 is 30.9 Å². The molecule has 5 rings (SSSR count). The molecule has 3 aliphatic carbocycles. The lowest BCUT2D eigenvalue weighted by Gasteiger charge is -2.50. The van der Waals surface area contributed by atoms with Crippen LogP contribution in [0.4, 0.5) is 0 Å². The van der Waals surface area contributed by atoms with Crippen molar-refractivity contribution in [2.24, 2.45) is 17.6 Å². The van der Waals surface area contributed by atoms with Crippen LogP contribution in [0.3, 0.4) is 0 Å². The highest BCUT2D eigenvalue weighted by Gasteiger charge is 2.63. The maximum atomic E-state index is 14.1. The molecule has 0 saturated heterocycles. The maximum Gasteiger partial charge on any atom is 0.255 e. The average molecular weight is 556 g/mol. The first kappa shape index (κ1) is 28.1. The molecule has 0 bridgehead atoms. The summed E-state index contributed by atoms with van der Waals surface area (Å²) in [4.78, 5) is 43.4. The molecule has 0 spiro atoms. The van der Waals surface area contributed by atoms with Crippen LogP contribution in [0.5, 0.6) is 11.5 Å². The summed E-state index contributed by atoms with van der Waals surface area (Å²) in [5.74, 6) is -6.11. The molecule has 1 aromatic rings. The number of nitrogens with zero attached hydrogens (tertiary/aromatic N) is 2. The number of aliphatic hydroxyl groups is 3. The summed E-state index contributed by atoms with van der Waals surface area (Å²) in [6.07, 6.45) is 1.08. The minimum atomic E-state index is -2.66. The number of hydrogen-bond acceptors (Lipinski definition) is 10. The molecule has 0 radical (unpaired) electrons. The Hall–Kier alpha value is -3.41. The smallest absolute Gasteiger partial charge is 0.255 e. The summed E-state index contributed by atoms with van der Waals surface area (Å²) in [6.45, 7) is 7.22. The first-order valence-electron chi connectivity index (χ1n) is 13.5. The molecule has 40 heavy (non-hydrogen) atoms. The van der Waals surface area contributed by atoms with E-state index in [0.29, 0.717) is 30.0 Å². The van der Waals surface area contributed by atoms with Crippen molar-refractivity contribution in [1.29, 1.82) is 0 Å². The number of hydrogen-bond donors (Lipinski definition) is 5. The monoisotopic (exact) mass is 555 g/mol. The van der Waals surface area contributed by atoms with E-state index in [1.165, 1.54) is 12.0 Å². The number of allylic oxidation sites excluding steroid dienone is 1. The summed E-state index contributed by atoms with van der Waals surface area (Å²) in [5.41, 5.74) is 3.41. The van der Waals surface area contributed by atoms with Gasteiger partial charge in [0.2, 0.25) is 5.78 Å². The van der Waals surface area contributed by atoms with E-state index in [2.05, 4.69) is 25.7 Å². The fourth-order valence-electron chi connectivity index (χ4n) is 7.13. The van der Waals surface area contributed by atoms with Gasteiger partial charge in [-0.15, -0.1) is 0 Å². The van der Waals surface area contributed by atoms with E-state index < -0.39 is 58.0 Å². The molecule has 216 valence electrons. The number of phenols is 1. The molecular formula is C29H37N3O8. The standard InChI is InChI=1S/C29H37N3O8/c1-7-28(2,3)32-10-14-15(11-32)24(40-6)13-8-12-9-16-20(31(4)5)23(35)19(27(30)38)26(37)29(16,39)25(36)17(12)22(34)18(13)21(14)33/h12,16,20,33,35-36,39H,7-11H2,1-6H3,(H2,30,38)/t12-,16-,20-,29-/m0/s1. The number of aromatic hydroxyl groups is 1. The van der Waals surface area contributed by atoms with Crippen molar-refractivity contribution in [3.05, 3.63) is 44.9 Å². The van der Waals surface area contributed by atoms with Crippen molar-refractivity contribution in [1.82, 2.24) is 9.80 Å². The van der Waals surface area contributed by atoms with Crippen LogP contribution in [-0.4, -0.2) is 86.1 Å². The molecule has 11 nitrogen and oxygen atoms in total. The lowest BCUT2D eigenvalue weighted by Crippen LogP contribution is -2.63. The number of carbonyl (C=O) groups is 3. The average Bonchev–Trinajstić information content (AvgIpc) is 3.33. The molecule has 1 heterocycles. The van der Waals surface area contributed by atoms with Crippen LogP contribution < -0.4 is 10.5 Å². The van der Waals surface area contributed by atoms with Crippen molar-refractivity contribution >= 4 is 17.5 Å². The van der Waals surface area contributed by atoms with Gasteiger partial charge in [-0.05, 0) is 53.1 Å². The molecule has 0 fully saturated rings. The number of methoxy groups -OCH3 is 1. The lowest BCUT2D eigenvalue weighted by molar-refractivity contribution is -0.148. The Morgan fingerprint density at radius 3 is 2.33 bits per heavy atom. The summed E-state index contributed by atoms with van der Waals surface area (Å²) < 4.78 is 5.84. The van der Waals surface area contributed by atoms with E-state index >= 15 is 0 Å². The number of carbonyl (C=O) groups excluding carboxylic acids is 3. The topological polar surface area (TPSA) is 174 Å². The van der Waals surface area contributed by atoms with Gasteiger partial charge in [-0.1, -0.05) is 6.92 Å². The Morgan fingerprint density at radius 1 is 1.15 bits per heavy atom. The number of rotatable bonds is 5. The highest BCUT2D eigenvalue weighted by molar-refractivity contribution is 6.24. The van der Waals surface area contributed by atoms with Crippen LogP contribution in [-0.2, 0) is 29.1 Å². The van der Waals surface area contributed by atoms with Crippen LogP contribution in [0.1, 0.15) is 60.7 Å². The number of benzene rings is 1. The van der Waals surface area contributed by atoms with E-state index in [9.17, 15) is 34.8 Å². The Kier molecular flexibility index (Phi) is 6.37. The van der Waals surface area contributed by atoms with Crippen molar-refractivity contribution in [3.8, 4) is 11.5 Å². The number of primary amides is 1. The van der Waals surface area contributed by atoms with Crippen LogP contribution in [0.15, 0.2) is 22.7 Å². The molecule has 6 N–H and O–H groups in total. The Morgan fingerprint density at radius 2 is 1.77 bits per heavy atom. The molecule has 1 aromatic carbocycles. The predicted molar refractivity (Wildman–Crippen MR) is 144 cm³/mol. The van der Waals surface area contributed by atoms with E-state index in [-0.39, 0.29) is 35.3 Å². The van der Waals surface area contributed by atoms with Crippen LogP contribution >= 0.6 is 0 Å². The molecule has 0 aromatic heterocycles. The number of Topliss-reactive ketones (excluding diaryl/α,β-unsaturated/α-hetero) is 2. The predicted octanol–water partition coefficient (Wildman–Crippen LogP) is 1.63. The number of ether oxygens (including phenoxy) is 1. The van der Waals surface area contributed by atoms with Crippen molar-refractivity contribution < 1.29 is 39.5 Å². The maximum absolute atomic E-state index is 14.1. The third-order valence-corrected chi connectivity index (χ3v) is 9.68. The van der Waals surface area contributed by atoms with Gasteiger partial charge in [0.05, 0.1) is 18.7 Å². The summed E-state index contributed by atoms with van der Waals surface area (Å²) in [6, 6.07) is -1.04. The van der Waals surface area contributed by atoms with Gasteiger partial charge in [-0.2, -0.15) is 0 Å². The zero-order valence-electron chi connectivity index (χ0n) is 23.7. The van der Waals surface area contributed by atoms with Crippen molar-refractivity contribution in [2.45, 2.75) is 70.3 Å². The van der Waals surface area contributed by atoms with Gasteiger partial charge in [-0.25, -0.2) is 0 Å². The molecular weight excluding hydrogens is 518 g/mol. The molecule has 11 heteroatoms. The van der Waals surface area contributed by atoms with Gasteiger partial charge in [0.15, 0.2) is 11.4 Å².